The van der Waals surface area contributed by atoms with E-state index in [0.717, 1.165) is 28.2 Å². The van der Waals surface area contributed by atoms with Crippen molar-refractivity contribution < 1.29 is 24.9 Å². The summed E-state index contributed by atoms with van der Waals surface area (Å²) in [6.45, 7) is 6.81. The van der Waals surface area contributed by atoms with Crippen molar-refractivity contribution in [3.63, 3.8) is 0 Å². The van der Waals surface area contributed by atoms with Crippen molar-refractivity contribution in [1.29, 1.82) is 1.43 Å². The van der Waals surface area contributed by atoms with E-state index in [1.807, 2.05) is 55.5 Å². The van der Waals surface area contributed by atoms with Crippen molar-refractivity contribution in [2.75, 3.05) is 0 Å². The lowest BCUT2D eigenvalue weighted by molar-refractivity contribution is 0.0395. The van der Waals surface area contributed by atoms with Crippen LogP contribution in [-0.2, 0) is 29.9 Å². The molecule has 0 spiro atoms. The first-order chi connectivity index (χ1) is 20.6. The largest absolute Gasteiger partial charge is 0.519 e. The fourth-order valence-electron chi connectivity index (χ4n) is 4.57. The van der Waals surface area contributed by atoms with Crippen LogP contribution in [0.4, 0.5) is 0 Å². The van der Waals surface area contributed by atoms with Gasteiger partial charge in [-0.1, -0.05) is 55.5 Å². The molecule has 3 heterocycles. The molecule has 0 amide bonds. The number of aryl methyl sites for hydroxylation is 2. The van der Waals surface area contributed by atoms with Crippen LogP contribution in [-0.4, -0.2) is 42.7 Å². The average Bonchev–Trinajstić information content (AvgIpc) is 3.68. The van der Waals surface area contributed by atoms with E-state index in [4.69, 9.17) is 26.5 Å². The van der Waals surface area contributed by atoms with Crippen LogP contribution in [0.2, 0.25) is 1.41 Å². The van der Waals surface area contributed by atoms with Gasteiger partial charge in [0.15, 0.2) is 31.1 Å². The number of hydrogen-bond acceptors (Lipinski definition) is 10. The molecule has 2 aromatic carbocycles. The summed E-state index contributed by atoms with van der Waals surface area (Å²) >= 11 is 0. The Morgan fingerprint density at radius 3 is 2.56 bits per heavy atom. The lowest BCUT2D eigenvalue weighted by Gasteiger charge is -2.17. The molecule has 0 saturated heterocycles. The van der Waals surface area contributed by atoms with Crippen molar-refractivity contribution in [3.8, 4) is 22.5 Å². The van der Waals surface area contributed by atoms with Gasteiger partial charge in [-0.3, -0.25) is 0 Å². The smallest absolute Gasteiger partial charge is 0.453 e. The average molecular weight is 561 g/mol. The molecule has 212 valence electrons. The number of aromatic nitrogens is 6. The Kier molecular flexibility index (Phi) is 6.95. The number of ether oxygens (including phenoxy) is 1. The standard InChI is InChI=1S/C29H30N6O6/c1-5-8-23-30-25(29(3,4)38)24(27(36)39-16-22-17(2)40-28(37)41-22)35(23)15-18-11-13-19(14-12-18)20-9-6-7-10-21(20)26-31-33-34-32-26/h6-7,9-14,38H,5,8,15-16H2,1-4H3,(H,31,32,33,34)/i38D/hD. The Labute approximate surface area is 238 Å². The fraction of sp³-hybridized carbons (Fsp3) is 0.310. The molecular formula is C29H30N6O6. The van der Waals surface area contributed by atoms with Crippen LogP contribution in [0.1, 0.15) is 66.3 Å². The molecule has 2 N–H and O–H groups in total. The predicted octanol–water partition coefficient (Wildman–Crippen LogP) is 4.17. The van der Waals surface area contributed by atoms with Crippen LogP contribution in [0.15, 0.2) is 62.2 Å². The van der Waals surface area contributed by atoms with Crippen molar-refractivity contribution in [1.82, 2.24) is 30.2 Å². The van der Waals surface area contributed by atoms with E-state index in [1.165, 1.54) is 6.92 Å². The molecule has 0 fully saturated rings. The van der Waals surface area contributed by atoms with Crippen molar-refractivity contribution in [2.24, 2.45) is 0 Å². The zero-order valence-electron chi connectivity index (χ0n) is 25.1. The summed E-state index contributed by atoms with van der Waals surface area (Å²) in [6.07, 6.45) is 1.33. The number of aromatic amines is 1. The molecule has 0 aliphatic heterocycles. The van der Waals surface area contributed by atoms with Gasteiger partial charge < -0.3 is 23.2 Å². The minimum atomic E-state index is -1.22. The van der Waals surface area contributed by atoms with E-state index in [1.54, 1.807) is 18.4 Å². The highest BCUT2D eigenvalue weighted by molar-refractivity contribution is 5.89. The molecule has 5 rings (SSSR count). The van der Waals surface area contributed by atoms with Gasteiger partial charge in [-0.25, -0.2) is 19.7 Å². The number of benzene rings is 2. The molecular weight excluding hydrogens is 528 g/mol. The van der Waals surface area contributed by atoms with Crippen LogP contribution in [0.25, 0.3) is 22.5 Å². The van der Waals surface area contributed by atoms with E-state index >= 15 is 0 Å². The monoisotopic (exact) mass is 560 g/mol. The van der Waals surface area contributed by atoms with Gasteiger partial charge >= 0.3 is 11.8 Å². The van der Waals surface area contributed by atoms with E-state index < -0.39 is 17.4 Å². The molecule has 0 atom stereocenters. The number of aliphatic hydroxyl groups is 1. The van der Waals surface area contributed by atoms with E-state index in [2.05, 4.69) is 15.5 Å². The molecule has 0 aliphatic rings. The summed E-state index contributed by atoms with van der Waals surface area (Å²) in [7, 11) is 0. The number of imidazole rings is 1. The SMILES string of the molecule is [2H]OC(C)(C)c1nc(CCC)n(Cc2ccc(-c3ccccc3-c3nnnn3[2H])cc2)c1C(=O)OCc1oc(=O)oc1C. The first-order valence-corrected chi connectivity index (χ1v) is 13.1. The molecule has 41 heavy (non-hydrogen) atoms. The lowest BCUT2D eigenvalue weighted by atomic mass is 9.98. The molecule has 3 aromatic heterocycles. The highest BCUT2D eigenvalue weighted by atomic mass is 16.6. The Morgan fingerprint density at radius 2 is 1.93 bits per heavy atom. The number of esters is 1. The normalized spacial score (nSPS) is 12.3. The second kappa shape index (κ2) is 11.3. The summed E-state index contributed by atoms with van der Waals surface area (Å²) in [5, 5.41) is 17.0. The third-order valence-corrected chi connectivity index (χ3v) is 6.55. The van der Waals surface area contributed by atoms with Crippen LogP contribution in [0.5, 0.6) is 0 Å². The Bertz CT molecular complexity index is 1800. The quantitative estimate of drug-likeness (QED) is 0.224. The molecule has 0 unspecified atom stereocenters. The zero-order valence-corrected chi connectivity index (χ0v) is 23.1. The lowest BCUT2D eigenvalue weighted by Crippen LogP contribution is -2.23. The number of hydrogen-bond donors (Lipinski definition) is 2. The van der Waals surface area contributed by atoms with Crippen molar-refractivity contribution in [2.45, 2.75) is 59.3 Å². The Morgan fingerprint density at radius 1 is 1.17 bits per heavy atom. The number of tetrazole rings is 1. The minimum absolute atomic E-state index is 0.103. The number of carbonyl (C=O) groups is 1. The van der Waals surface area contributed by atoms with Crippen molar-refractivity contribution in [3.05, 3.63) is 93.4 Å². The van der Waals surface area contributed by atoms with E-state index in [9.17, 15) is 9.59 Å². The summed E-state index contributed by atoms with van der Waals surface area (Å²) < 4.78 is 32.8. The second-order valence-electron chi connectivity index (χ2n) is 10.0. The van der Waals surface area contributed by atoms with E-state index in [-0.39, 0.29) is 36.1 Å². The van der Waals surface area contributed by atoms with E-state index in [0.29, 0.717) is 23.6 Å². The molecule has 12 nitrogen and oxygen atoms in total. The van der Waals surface area contributed by atoms with Crippen LogP contribution in [0, 0.1) is 6.92 Å². The fourth-order valence-corrected chi connectivity index (χ4v) is 4.57. The molecule has 0 aliphatic carbocycles. The first-order valence-electron chi connectivity index (χ1n) is 14.0. The Balaban J connectivity index is 1.50. The molecule has 12 heteroatoms. The van der Waals surface area contributed by atoms with Gasteiger partial charge in [0.2, 0.25) is 1.43 Å². The van der Waals surface area contributed by atoms with Crippen LogP contribution in [0.3, 0.4) is 0 Å². The number of carbonyl (C=O) groups excluding carboxylic acids is 1. The zero-order chi connectivity index (χ0) is 30.7. The summed E-state index contributed by atoms with van der Waals surface area (Å²) in [4.78, 5) is 29.8. The van der Waals surface area contributed by atoms with Crippen molar-refractivity contribution >= 4 is 5.97 Å². The summed E-state index contributed by atoms with van der Waals surface area (Å²) in [5.41, 5.74) is 2.52. The first kappa shape index (κ1) is 25.1. The van der Waals surface area contributed by atoms with Gasteiger partial charge in [0.05, 0.1) is 0 Å². The maximum absolute atomic E-state index is 13.6. The molecule has 0 radical (unpaired) electrons. The summed E-state index contributed by atoms with van der Waals surface area (Å²) in [5.74, 6) is -0.316. The second-order valence-corrected chi connectivity index (χ2v) is 10.0. The highest BCUT2D eigenvalue weighted by Crippen LogP contribution is 2.31. The van der Waals surface area contributed by atoms with Gasteiger partial charge in [-0.05, 0) is 54.3 Å². The number of rotatable bonds is 11. The molecule has 5 aromatic rings. The Hall–Kier alpha value is -4.84. The van der Waals surface area contributed by atoms with Gasteiger partial charge in [-0.15, -0.1) is 5.10 Å². The minimum Gasteiger partial charge on any atom is -0.453 e. The van der Waals surface area contributed by atoms with Crippen LogP contribution < -0.4 is 5.82 Å². The molecule has 0 bridgehead atoms. The number of nitrogens with zero attached hydrogens (tertiary/aromatic N) is 5. The maximum atomic E-state index is 13.6. The van der Waals surface area contributed by atoms with Gasteiger partial charge in [0.1, 0.15) is 17.1 Å². The van der Waals surface area contributed by atoms with Gasteiger partial charge in [-0.2, -0.15) is 0 Å². The highest BCUT2D eigenvalue weighted by Gasteiger charge is 2.33. The molecule has 0 saturated carbocycles. The topological polar surface area (TPSA) is 162 Å². The summed E-state index contributed by atoms with van der Waals surface area (Å²) in [6, 6.07) is 15.3. The third-order valence-electron chi connectivity index (χ3n) is 6.55. The van der Waals surface area contributed by atoms with Crippen LogP contribution >= 0.6 is 0 Å². The number of nitrogens with one attached hydrogen (secondary N) is 1. The van der Waals surface area contributed by atoms with Gasteiger partial charge in [0.25, 0.3) is 0 Å². The van der Waals surface area contributed by atoms with Gasteiger partial charge in [0, 0.05) is 18.5 Å². The third kappa shape index (κ3) is 5.87. The maximum Gasteiger partial charge on any atom is 0.519 e. The predicted molar refractivity (Wildman–Crippen MR) is 147 cm³/mol. The number of H-pyrrole nitrogens is 1.